The second-order valence-corrected chi connectivity index (χ2v) is 5.99. The smallest absolute Gasteiger partial charge is 0.307 e. The van der Waals surface area contributed by atoms with Gasteiger partial charge >= 0.3 is 5.91 Å². The van der Waals surface area contributed by atoms with Crippen LogP contribution in [0.2, 0.25) is 5.02 Å². The zero-order valence-electron chi connectivity index (χ0n) is 15.0. The largest absolute Gasteiger partial charge is 0.494 e. The molecule has 2 aromatic carbocycles. The third-order valence-electron chi connectivity index (χ3n) is 3.67. The molecule has 3 aromatic rings. The summed E-state index contributed by atoms with van der Waals surface area (Å²) in [6.07, 6.45) is 1.51. The van der Waals surface area contributed by atoms with Crippen molar-refractivity contribution in [1.82, 2.24) is 5.43 Å². The third-order valence-corrected chi connectivity index (χ3v) is 3.90. The summed E-state index contributed by atoms with van der Waals surface area (Å²) < 4.78 is 16.6. The number of amides is 1. The summed E-state index contributed by atoms with van der Waals surface area (Å²) in [6, 6.07) is 12.2. The fourth-order valence-corrected chi connectivity index (χ4v) is 2.68. The van der Waals surface area contributed by atoms with Gasteiger partial charge in [0.2, 0.25) is 0 Å². The Hall–Kier alpha value is -2.99. The van der Waals surface area contributed by atoms with Crippen LogP contribution in [0.4, 0.5) is 0 Å². The van der Waals surface area contributed by atoms with Crippen LogP contribution >= 0.6 is 11.6 Å². The number of hydrogen-bond acceptors (Lipinski definition) is 5. The molecule has 0 spiro atoms. The van der Waals surface area contributed by atoms with Gasteiger partial charge in [0.05, 0.1) is 19.4 Å². The Morgan fingerprint density at radius 3 is 2.74 bits per heavy atom. The van der Waals surface area contributed by atoms with Gasteiger partial charge in [-0.1, -0.05) is 11.6 Å². The normalized spacial score (nSPS) is 11.1. The van der Waals surface area contributed by atoms with Crippen LogP contribution in [-0.2, 0) is 0 Å². The Bertz CT molecular complexity index is 981. The first-order valence-electron chi connectivity index (χ1n) is 8.53. The van der Waals surface area contributed by atoms with Gasteiger partial charge in [0.25, 0.3) is 0 Å². The van der Waals surface area contributed by atoms with Gasteiger partial charge in [-0.15, -0.1) is 0 Å². The molecule has 0 atom stereocenters. The topological polar surface area (TPSA) is 73.1 Å². The molecule has 1 aromatic heterocycles. The minimum Gasteiger partial charge on any atom is -0.494 e. The van der Waals surface area contributed by atoms with Crippen molar-refractivity contribution < 1.29 is 18.7 Å². The van der Waals surface area contributed by atoms with Crippen LogP contribution in [-0.4, -0.2) is 25.3 Å². The molecule has 6 nitrogen and oxygen atoms in total. The standard InChI is InChI=1S/C20H19ClN2O4/c1-3-25-16-7-5-13(18(11-16)26-4-2)12-22-23-20(24)19-10-14-9-15(21)6-8-17(14)27-19/h5-12H,3-4H2,1-2H3,(H,23,24)/b22-12+. The average Bonchev–Trinajstić information content (AvgIpc) is 3.07. The summed E-state index contributed by atoms with van der Waals surface area (Å²) in [5.74, 6) is 1.03. The maximum atomic E-state index is 12.2. The Morgan fingerprint density at radius 2 is 1.96 bits per heavy atom. The minimum absolute atomic E-state index is 0.154. The molecule has 140 valence electrons. The summed E-state index contributed by atoms with van der Waals surface area (Å²) in [5.41, 5.74) is 3.75. The molecule has 0 aliphatic carbocycles. The van der Waals surface area contributed by atoms with E-state index in [1.807, 2.05) is 26.0 Å². The second kappa shape index (κ2) is 8.60. The Balaban J connectivity index is 1.72. The van der Waals surface area contributed by atoms with Crippen LogP contribution in [0.15, 0.2) is 52.0 Å². The molecule has 0 saturated carbocycles. The van der Waals surface area contributed by atoms with Crippen molar-refractivity contribution in [3.05, 3.63) is 58.8 Å². The van der Waals surface area contributed by atoms with Crippen LogP contribution < -0.4 is 14.9 Å². The van der Waals surface area contributed by atoms with Crippen molar-refractivity contribution in [2.45, 2.75) is 13.8 Å². The number of hydrogen-bond donors (Lipinski definition) is 1. The fraction of sp³-hybridized carbons (Fsp3) is 0.200. The summed E-state index contributed by atoms with van der Waals surface area (Å²) in [7, 11) is 0. The quantitative estimate of drug-likeness (QED) is 0.474. The highest BCUT2D eigenvalue weighted by Gasteiger charge is 2.12. The van der Waals surface area contributed by atoms with Crippen LogP contribution in [0.25, 0.3) is 11.0 Å². The van der Waals surface area contributed by atoms with E-state index in [-0.39, 0.29) is 5.76 Å². The maximum absolute atomic E-state index is 12.2. The second-order valence-electron chi connectivity index (χ2n) is 5.56. The SMILES string of the molecule is CCOc1ccc(/C=N/NC(=O)c2cc3cc(Cl)ccc3o2)c(OCC)c1. The first kappa shape index (κ1) is 18.8. The summed E-state index contributed by atoms with van der Waals surface area (Å²) in [6.45, 7) is 4.88. The van der Waals surface area contributed by atoms with E-state index in [0.717, 1.165) is 10.9 Å². The number of halogens is 1. The summed E-state index contributed by atoms with van der Waals surface area (Å²) in [5, 5.41) is 5.32. The van der Waals surface area contributed by atoms with Crippen molar-refractivity contribution in [2.75, 3.05) is 13.2 Å². The van der Waals surface area contributed by atoms with Crippen LogP contribution in [0.3, 0.4) is 0 Å². The number of nitrogens with zero attached hydrogens (tertiary/aromatic N) is 1. The van der Waals surface area contributed by atoms with Gasteiger partial charge in [-0.25, -0.2) is 5.43 Å². The molecular formula is C20H19ClN2O4. The predicted molar refractivity (Wildman–Crippen MR) is 105 cm³/mol. The molecule has 1 amide bonds. The maximum Gasteiger partial charge on any atom is 0.307 e. The van der Waals surface area contributed by atoms with Gasteiger partial charge in [-0.3, -0.25) is 4.79 Å². The van der Waals surface area contributed by atoms with Crippen molar-refractivity contribution in [2.24, 2.45) is 5.10 Å². The highest BCUT2D eigenvalue weighted by atomic mass is 35.5. The molecular weight excluding hydrogens is 368 g/mol. The molecule has 1 heterocycles. The molecule has 7 heteroatoms. The molecule has 0 aliphatic rings. The Kier molecular flexibility index (Phi) is 5.98. The summed E-state index contributed by atoms with van der Waals surface area (Å²) in [4.78, 5) is 12.2. The number of carbonyl (C=O) groups excluding carboxylic acids is 1. The Labute approximate surface area is 161 Å². The van der Waals surface area contributed by atoms with E-state index in [9.17, 15) is 4.79 Å². The van der Waals surface area contributed by atoms with Gasteiger partial charge in [0.1, 0.15) is 17.1 Å². The summed E-state index contributed by atoms with van der Waals surface area (Å²) >= 11 is 5.94. The monoisotopic (exact) mass is 386 g/mol. The average molecular weight is 387 g/mol. The Morgan fingerprint density at radius 1 is 1.15 bits per heavy atom. The molecule has 0 radical (unpaired) electrons. The molecule has 1 N–H and O–H groups in total. The van der Waals surface area contributed by atoms with Crippen molar-refractivity contribution in [1.29, 1.82) is 0 Å². The zero-order chi connectivity index (χ0) is 19.2. The number of fused-ring (bicyclic) bond motifs is 1. The number of furan rings is 1. The van der Waals surface area contributed by atoms with Crippen LogP contribution in [0.1, 0.15) is 30.0 Å². The highest BCUT2D eigenvalue weighted by Crippen LogP contribution is 2.24. The number of rotatable bonds is 7. The number of nitrogens with one attached hydrogen (secondary N) is 1. The highest BCUT2D eigenvalue weighted by molar-refractivity contribution is 6.31. The molecule has 0 saturated heterocycles. The van der Waals surface area contributed by atoms with E-state index < -0.39 is 5.91 Å². The van der Waals surface area contributed by atoms with Crippen LogP contribution in [0, 0.1) is 0 Å². The molecule has 0 fully saturated rings. The molecule has 0 unspecified atom stereocenters. The van der Waals surface area contributed by atoms with Gasteiger partial charge in [0.15, 0.2) is 5.76 Å². The van der Waals surface area contributed by atoms with Gasteiger partial charge in [-0.05, 0) is 50.2 Å². The number of hydrazone groups is 1. The lowest BCUT2D eigenvalue weighted by Crippen LogP contribution is -2.16. The van der Waals surface area contributed by atoms with E-state index in [2.05, 4.69) is 10.5 Å². The first-order chi connectivity index (χ1) is 13.1. The van der Waals surface area contributed by atoms with E-state index in [1.165, 1.54) is 6.21 Å². The van der Waals surface area contributed by atoms with E-state index in [0.29, 0.717) is 35.3 Å². The molecule has 0 bridgehead atoms. The van der Waals surface area contributed by atoms with E-state index >= 15 is 0 Å². The number of ether oxygens (including phenoxy) is 2. The van der Waals surface area contributed by atoms with Crippen LogP contribution in [0.5, 0.6) is 11.5 Å². The lowest BCUT2D eigenvalue weighted by atomic mass is 10.2. The molecule has 0 aliphatic heterocycles. The molecule has 3 rings (SSSR count). The first-order valence-corrected chi connectivity index (χ1v) is 8.90. The zero-order valence-corrected chi connectivity index (χ0v) is 15.7. The van der Waals surface area contributed by atoms with Gasteiger partial charge in [-0.2, -0.15) is 5.10 Å². The molecule has 27 heavy (non-hydrogen) atoms. The van der Waals surface area contributed by atoms with E-state index in [1.54, 1.807) is 30.3 Å². The number of carbonyl (C=O) groups is 1. The van der Waals surface area contributed by atoms with Crippen molar-refractivity contribution >= 4 is 34.7 Å². The number of benzene rings is 2. The third kappa shape index (κ3) is 4.60. The lowest BCUT2D eigenvalue weighted by molar-refractivity contribution is 0.0929. The minimum atomic E-state index is -0.456. The van der Waals surface area contributed by atoms with Gasteiger partial charge < -0.3 is 13.9 Å². The van der Waals surface area contributed by atoms with Crippen molar-refractivity contribution in [3.63, 3.8) is 0 Å². The van der Waals surface area contributed by atoms with E-state index in [4.69, 9.17) is 25.5 Å². The fourth-order valence-electron chi connectivity index (χ4n) is 2.50. The predicted octanol–water partition coefficient (Wildman–Crippen LogP) is 4.65. The van der Waals surface area contributed by atoms with Crippen molar-refractivity contribution in [3.8, 4) is 11.5 Å². The van der Waals surface area contributed by atoms with Gasteiger partial charge in [0, 0.05) is 22.0 Å². The lowest BCUT2D eigenvalue weighted by Gasteiger charge is -2.09.